The summed E-state index contributed by atoms with van der Waals surface area (Å²) < 4.78 is 26.5. The van der Waals surface area contributed by atoms with Crippen molar-refractivity contribution in [1.82, 2.24) is 0 Å². The van der Waals surface area contributed by atoms with E-state index in [1.54, 1.807) is 18.2 Å². The minimum absolute atomic E-state index is 0.161. The molecule has 2 aromatic rings. The zero-order chi connectivity index (χ0) is 20.8. The zero-order valence-corrected chi connectivity index (χ0v) is 16.7. The van der Waals surface area contributed by atoms with E-state index in [1.165, 1.54) is 26.4 Å². The van der Waals surface area contributed by atoms with Gasteiger partial charge in [-0.1, -0.05) is 11.6 Å². The third kappa shape index (κ3) is 5.03. The smallest absolute Gasteiger partial charge is 0.338 e. The highest BCUT2D eigenvalue weighted by Crippen LogP contribution is 2.38. The molecule has 0 aromatic heterocycles. The van der Waals surface area contributed by atoms with Crippen LogP contribution < -0.4 is 24.3 Å². The van der Waals surface area contributed by atoms with Crippen molar-refractivity contribution in [3.8, 4) is 23.0 Å². The molecule has 0 fully saturated rings. The number of hydrogen-bond acceptors (Lipinski definition) is 7. The molecular formula is C20H20ClNO7. The van der Waals surface area contributed by atoms with Crippen LogP contribution in [0.25, 0.3) is 0 Å². The lowest BCUT2D eigenvalue weighted by Gasteiger charge is -2.13. The van der Waals surface area contributed by atoms with Crippen LogP contribution in [0, 0.1) is 0 Å². The lowest BCUT2D eigenvalue weighted by molar-refractivity contribution is -0.119. The number of hydrogen-bond donors (Lipinski definition) is 1. The highest BCUT2D eigenvalue weighted by Gasteiger charge is 2.20. The van der Waals surface area contributed by atoms with Crippen molar-refractivity contribution in [2.45, 2.75) is 6.42 Å². The Bertz CT molecular complexity index is 916. The Hall–Kier alpha value is -3.13. The van der Waals surface area contributed by atoms with Crippen LogP contribution in [0.15, 0.2) is 30.3 Å². The summed E-state index contributed by atoms with van der Waals surface area (Å²) in [5.41, 5.74) is 0.585. The van der Waals surface area contributed by atoms with Crippen LogP contribution in [0.3, 0.4) is 0 Å². The number of anilines is 1. The first kappa shape index (κ1) is 20.6. The average Bonchev–Trinajstić information content (AvgIpc) is 2.98. The number of esters is 1. The number of fused-ring (bicyclic) bond motifs is 1. The Balaban J connectivity index is 1.63. The first-order valence-corrected chi connectivity index (χ1v) is 9.17. The summed E-state index contributed by atoms with van der Waals surface area (Å²) in [6.45, 7) is 0.444. The summed E-state index contributed by atoms with van der Waals surface area (Å²) in [5.74, 6) is 0.525. The highest BCUT2D eigenvalue weighted by molar-refractivity contribution is 6.32. The SMILES string of the molecule is COc1ccc(NC(=O)COC(=O)c2cc(Cl)c3c(c2)OCCCO3)c(OC)c1. The fourth-order valence-corrected chi connectivity index (χ4v) is 2.92. The van der Waals surface area contributed by atoms with E-state index in [0.29, 0.717) is 48.3 Å². The molecule has 0 saturated heterocycles. The Morgan fingerprint density at radius 3 is 2.66 bits per heavy atom. The second-order valence-electron chi connectivity index (χ2n) is 6.03. The number of benzene rings is 2. The molecule has 1 heterocycles. The van der Waals surface area contributed by atoms with E-state index in [4.69, 9.17) is 35.3 Å². The summed E-state index contributed by atoms with van der Waals surface area (Å²) in [7, 11) is 3.00. The topological polar surface area (TPSA) is 92.3 Å². The summed E-state index contributed by atoms with van der Waals surface area (Å²) >= 11 is 6.18. The third-order valence-corrected chi connectivity index (χ3v) is 4.34. The van der Waals surface area contributed by atoms with Gasteiger partial charge in [0, 0.05) is 12.5 Å². The average molecular weight is 422 g/mol. The van der Waals surface area contributed by atoms with Crippen molar-refractivity contribution in [3.05, 3.63) is 40.9 Å². The molecule has 0 unspecified atom stereocenters. The number of amides is 1. The largest absolute Gasteiger partial charge is 0.497 e. The van der Waals surface area contributed by atoms with Crippen LogP contribution in [0.2, 0.25) is 5.02 Å². The number of ether oxygens (including phenoxy) is 5. The van der Waals surface area contributed by atoms with E-state index in [-0.39, 0.29) is 10.6 Å². The van der Waals surface area contributed by atoms with Crippen LogP contribution in [0.4, 0.5) is 5.69 Å². The molecule has 1 aliphatic rings. The lowest BCUT2D eigenvalue weighted by Crippen LogP contribution is -2.21. The van der Waals surface area contributed by atoms with Crippen molar-refractivity contribution in [2.75, 3.05) is 39.4 Å². The Morgan fingerprint density at radius 2 is 1.90 bits per heavy atom. The van der Waals surface area contributed by atoms with Crippen LogP contribution in [0.1, 0.15) is 16.8 Å². The van der Waals surface area contributed by atoms with Crippen LogP contribution in [-0.2, 0) is 9.53 Å². The second-order valence-corrected chi connectivity index (χ2v) is 6.43. The molecule has 29 heavy (non-hydrogen) atoms. The molecule has 0 bridgehead atoms. The van der Waals surface area contributed by atoms with Gasteiger partial charge in [-0.3, -0.25) is 4.79 Å². The minimum atomic E-state index is -0.709. The lowest BCUT2D eigenvalue weighted by atomic mass is 10.2. The van der Waals surface area contributed by atoms with E-state index >= 15 is 0 Å². The van der Waals surface area contributed by atoms with Crippen molar-refractivity contribution in [3.63, 3.8) is 0 Å². The molecule has 1 amide bonds. The minimum Gasteiger partial charge on any atom is -0.497 e. The van der Waals surface area contributed by atoms with Gasteiger partial charge in [-0.15, -0.1) is 0 Å². The first-order valence-electron chi connectivity index (χ1n) is 8.80. The molecule has 0 aliphatic carbocycles. The summed E-state index contributed by atoms with van der Waals surface area (Å²) in [5, 5.41) is 2.86. The van der Waals surface area contributed by atoms with E-state index in [2.05, 4.69) is 5.32 Å². The molecule has 3 rings (SSSR count). The maximum atomic E-state index is 12.3. The molecule has 1 aliphatic heterocycles. The fourth-order valence-electron chi connectivity index (χ4n) is 2.65. The monoisotopic (exact) mass is 421 g/mol. The van der Waals surface area contributed by atoms with Crippen molar-refractivity contribution >= 4 is 29.2 Å². The zero-order valence-electron chi connectivity index (χ0n) is 16.0. The summed E-state index contributed by atoms with van der Waals surface area (Å²) in [4.78, 5) is 24.5. The van der Waals surface area contributed by atoms with Gasteiger partial charge >= 0.3 is 5.97 Å². The van der Waals surface area contributed by atoms with Gasteiger partial charge in [-0.05, 0) is 24.3 Å². The number of nitrogens with one attached hydrogen (secondary N) is 1. The molecule has 0 spiro atoms. The van der Waals surface area contributed by atoms with Gasteiger partial charge in [0.05, 0.1) is 43.7 Å². The summed E-state index contributed by atoms with van der Waals surface area (Å²) in [6, 6.07) is 7.83. The van der Waals surface area contributed by atoms with Crippen molar-refractivity contribution in [2.24, 2.45) is 0 Å². The van der Waals surface area contributed by atoms with E-state index in [0.717, 1.165) is 0 Å². The van der Waals surface area contributed by atoms with Crippen LogP contribution in [-0.4, -0.2) is 45.9 Å². The molecule has 0 radical (unpaired) electrons. The predicted octanol–water partition coefficient (Wildman–Crippen LogP) is 3.31. The molecule has 0 atom stereocenters. The molecule has 154 valence electrons. The number of methoxy groups -OCH3 is 2. The number of halogens is 1. The third-order valence-electron chi connectivity index (χ3n) is 4.06. The normalized spacial score (nSPS) is 12.5. The van der Waals surface area contributed by atoms with Crippen LogP contribution >= 0.6 is 11.6 Å². The van der Waals surface area contributed by atoms with E-state index < -0.39 is 18.5 Å². The molecule has 0 saturated carbocycles. The number of carbonyl (C=O) groups excluding carboxylic acids is 2. The fraction of sp³-hybridized carbons (Fsp3) is 0.300. The molecule has 2 aromatic carbocycles. The van der Waals surface area contributed by atoms with E-state index in [1.807, 2.05) is 0 Å². The van der Waals surface area contributed by atoms with Gasteiger partial charge in [0.2, 0.25) is 0 Å². The van der Waals surface area contributed by atoms with Gasteiger partial charge in [0.15, 0.2) is 18.1 Å². The van der Waals surface area contributed by atoms with Gasteiger partial charge in [0.1, 0.15) is 11.5 Å². The number of rotatable bonds is 6. The van der Waals surface area contributed by atoms with Gasteiger partial charge in [-0.2, -0.15) is 0 Å². The van der Waals surface area contributed by atoms with Gasteiger partial charge in [0.25, 0.3) is 5.91 Å². The number of carbonyl (C=O) groups is 2. The van der Waals surface area contributed by atoms with Gasteiger partial charge in [-0.25, -0.2) is 4.79 Å². The Morgan fingerprint density at radius 1 is 1.10 bits per heavy atom. The molecule has 8 nitrogen and oxygen atoms in total. The Kier molecular flexibility index (Phi) is 6.66. The molecule has 1 N–H and O–H groups in total. The molecular weight excluding hydrogens is 402 g/mol. The van der Waals surface area contributed by atoms with Crippen molar-refractivity contribution in [1.29, 1.82) is 0 Å². The van der Waals surface area contributed by atoms with Gasteiger partial charge < -0.3 is 29.0 Å². The summed E-state index contributed by atoms with van der Waals surface area (Å²) in [6.07, 6.45) is 0.708. The standard InChI is InChI=1S/C20H20ClNO7/c1-25-13-4-5-15(16(10-13)26-2)22-18(23)11-29-20(24)12-8-14(21)19-17(9-12)27-6-3-7-28-19/h4-5,8-10H,3,6-7,11H2,1-2H3,(H,22,23). The second kappa shape index (κ2) is 9.38. The predicted molar refractivity (Wildman–Crippen MR) is 106 cm³/mol. The maximum absolute atomic E-state index is 12.3. The van der Waals surface area contributed by atoms with Crippen LogP contribution in [0.5, 0.6) is 23.0 Å². The quantitative estimate of drug-likeness (QED) is 0.715. The first-order chi connectivity index (χ1) is 14.0. The van der Waals surface area contributed by atoms with Crippen molar-refractivity contribution < 1.29 is 33.3 Å². The maximum Gasteiger partial charge on any atom is 0.338 e. The van der Waals surface area contributed by atoms with E-state index in [9.17, 15) is 9.59 Å². The highest BCUT2D eigenvalue weighted by atomic mass is 35.5. The Labute approximate surface area is 172 Å². The molecule has 9 heteroatoms.